The summed E-state index contributed by atoms with van der Waals surface area (Å²) in [4.78, 5) is 16.9. The van der Waals surface area contributed by atoms with E-state index in [-0.39, 0.29) is 11.8 Å². The van der Waals surface area contributed by atoms with Gasteiger partial charge in [-0.2, -0.15) is 0 Å². The van der Waals surface area contributed by atoms with Crippen LogP contribution in [0.3, 0.4) is 0 Å². The summed E-state index contributed by atoms with van der Waals surface area (Å²) in [6.07, 6.45) is 0.934. The van der Waals surface area contributed by atoms with E-state index in [1.165, 1.54) is 5.56 Å². The monoisotopic (exact) mass is 336 g/mol. The van der Waals surface area contributed by atoms with E-state index in [0.717, 1.165) is 37.6 Å². The Balaban J connectivity index is 1.51. The van der Waals surface area contributed by atoms with Gasteiger partial charge in [0.25, 0.3) is 0 Å². The Hall–Kier alpha value is -1.10. The number of nitrogens with zero attached hydrogens (tertiary/aromatic N) is 2. The van der Waals surface area contributed by atoms with E-state index in [0.29, 0.717) is 12.5 Å². The molecule has 0 aromatic heterocycles. The van der Waals surface area contributed by atoms with Gasteiger partial charge >= 0.3 is 0 Å². The van der Waals surface area contributed by atoms with Gasteiger partial charge in [-0.1, -0.05) is 23.7 Å². The van der Waals surface area contributed by atoms with Gasteiger partial charge in [0.1, 0.15) is 0 Å². The Morgan fingerprint density at radius 1 is 1.30 bits per heavy atom. The van der Waals surface area contributed by atoms with E-state index in [9.17, 15) is 9.90 Å². The second kappa shape index (κ2) is 6.42. The minimum Gasteiger partial charge on any atom is -0.389 e. The first-order chi connectivity index (χ1) is 10.8. The van der Waals surface area contributed by atoms with Crippen LogP contribution in [0, 0.1) is 5.92 Å². The van der Waals surface area contributed by atoms with Crippen LogP contribution in [0.1, 0.15) is 31.7 Å². The SMILES string of the molecule is CC(C)(O)CN1CCN(C(=O)C2CC2c2cccc(Cl)c2)CC1. The standard InChI is InChI=1S/C18H25ClN2O2/c1-18(2,23)12-20-6-8-21(9-7-20)17(22)16-11-15(16)13-4-3-5-14(19)10-13/h3-5,10,15-16,23H,6-9,11-12H2,1-2H3. The van der Waals surface area contributed by atoms with Gasteiger partial charge < -0.3 is 10.0 Å². The first-order valence-corrected chi connectivity index (χ1v) is 8.70. The maximum absolute atomic E-state index is 12.6. The molecular formula is C18H25ClN2O2. The summed E-state index contributed by atoms with van der Waals surface area (Å²) >= 11 is 6.04. The fourth-order valence-corrected chi connectivity index (χ4v) is 3.68. The fraction of sp³-hybridized carbons (Fsp3) is 0.611. The zero-order chi connectivity index (χ0) is 16.6. The average Bonchev–Trinajstić information content (AvgIpc) is 3.26. The lowest BCUT2D eigenvalue weighted by Gasteiger charge is -2.37. The van der Waals surface area contributed by atoms with Crippen LogP contribution in [0.15, 0.2) is 24.3 Å². The molecule has 3 rings (SSSR count). The van der Waals surface area contributed by atoms with Gasteiger partial charge in [0.2, 0.25) is 5.91 Å². The van der Waals surface area contributed by atoms with E-state index >= 15 is 0 Å². The Kier molecular flexibility index (Phi) is 4.68. The molecule has 1 N–H and O–H groups in total. The lowest BCUT2D eigenvalue weighted by Crippen LogP contribution is -2.52. The maximum atomic E-state index is 12.6. The number of carbonyl (C=O) groups is 1. The molecule has 1 aliphatic heterocycles. The van der Waals surface area contributed by atoms with Gasteiger partial charge in [-0.3, -0.25) is 9.69 Å². The van der Waals surface area contributed by atoms with Crippen LogP contribution in [0.4, 0.5) is 0 Å². The number of hydrogen-bond donors (Lipinski definition) is 1. The van der Waals surface area contributed by atoms with Crippen LogP contribution in [0.5, 0.6) is 0 Å². The van der Waals surface area contributed by atoms with Crippen LogP contribution in [-0.4, -0.2) is 59.1 Å². The molecule has 2 aliphatic rings. The first kappa shape index (κ1) is 16.7. The molecule has 2 unspecified atom stereocenters. The molecule has 0 spiro atoms. The van der Waals surface area contributed by atoms with Crippen molar-refractivity contribution in [2.24, 2.45) is 5.92 Å². The largest absolute Gasteiger partial charge is 0.389 e. The molecule has 1 aromatic rings. The van der Waals surface area contributed by atoms with Crippen LogP contribution in [-0.2, 0) is 4.79 Å². The highest BCUT2D eigenvalue weighted by atomic mass is 35.5. The first-order valence-electron chi connectivity index (χ1n) is 8.32. The van der Waals surface area contributed by atoms with Gasteiger partial charge in [0.05, 0.1) is 5.60 Å². The summed E-state index contributed by atoms with van der Waals surface area (Å²) in [7, 11) is 0. The number of amides is 1. The van der Waals surface area contributed by atoms with Crippen molar-refractivity contribution in [2.45, 2.75) is 31.8 Å². The van der Waals surface area contributed by atoms with Crippen molar-refractivity contribution in [3.05, 3.63) is 34.9 Å². The molecule has 1 amide bonds. The molecule has 2 fully saturated rings. The topological polar surface area (TPSA) is 43.8 Å². The number of aliphatic hydroxyl groups is 1. The average molecular weight is 337 g/mol. The number of hydrogen-bond acceptors (Lipinski definition) is 3. The quantitative estimate of drug-likeness (QED) is 0.918. The summed E-state index contributed by atoms with van der Waals surface area (Å²) in [6, 6.07) is 7.85. The molecule has 2 atom stereocenters. The summed E-state index contributed by atoms with van der Waals surface area (Å²) in [5.41, 5.74) is 0.497. The Labute approximate surface area is 143 Å². The summed E-state index contributed by atoms with van der Waals surface area (Å²) in [6.45, 7) is 7.49. The van der Waals surface area contributed by atoms with E-state index in [4.69, 9.17) is 11.6 Å². The van der Waals surface area contributed by atoms with Crippen molar-refractivity contribution in [3.63, 3.8) is 0 Å². The molecule has 23 heavy (non-hydrogen) atoms. The van der Waals surface area contributed by atoms with Gasteiger partial charge in [-0.25, -0.2) is 0 Å². The highest BCUT2D eigenvalue weighted by Gasteiger charge is 2.46. The second-order valence-electron chi connectivity index (χ2n) is 7.42. The van der Waals surface area contributed by atoms with Crippen LogP contribution < -0.4 is 0 Å². The Morgan fingerprint density at radius 2 is 2.00 bits per heavy atom. The van der Waals surface area contributed by atoms with Crippen molar-refractivity contribution in [3.8, 4) is 0 Å². The van der Waals surface area contributed by atoms with Crippen LogP contribution in [0.2, 0.25) is 5.02 Å². The van der Waals surface area contributed by atoms with Gasteiger partial charge in [-0.05, 0) is 43.9 Å². The van der Waals surface area contributed by atoms with Crippen molar-refractivity contribution in [1.82, 2.24) is 9.80 Å². The van der Waals surface area contributed by atoms with E-state index in [1.807, 2.05) is 36.9 Å². The molecule has 1 saturated heterocycles. The second-order valence-corrected chi connectivity index (χ2v) is 7.85. The third-order valence-electron chi connectivity index (χ3n) is 4.68. The number of benzene rings is 1. The lowest BCUT2D eigenvalue weighted by molar-refractivity contribution is -0.134. The molecule has 4 nitrogen and oxygen atoms in total. The van der Waals surface area contributed by atoms with Crippen molar-refractivity contribution < 1.29 is 9.90 Å². The Bertz CT molecular complexity index is 577. The Morgan fingerprint density at radius 3 is 2.61 bits per heavy atom. The molecule has 126 valence electrons. The summed E-state index contributed by atoms with van der Waals surface area (Å²) in [5.74, 6) is 0.725. The highest BCUT2D eigenvalue weighted by Crippen LogP contribution is 2.48. The molecule has 1 aliphatic carbocycles. The maximum Gasteiger partial charge on any atom is 0.226 e. The molecular weight excluding hydrogens is 312 g/mol. The minimum absolute atomic E-state index is 0.120. The molecule has 1 aromatic carbocycles. The smallest absolute Gasteiger partial charge is 0.226 e. The third-order valence-corrected chi connectivity index (χ3v) is 4.91. The molecule has 1 saturated carbocycles. The highest BCUT2D eigenvalue weighted by molar-refractivity contribution is 6.30. The van der Waals surface area contributed by atoms with E-state index in [1.54, 1.807) is 0 Å². The molecule has 0 radical (unpaired) electrons. The van der Waals surface area contributed by atoms with Crippen molar-refractivity contribution in [1.29, 1.82) is 0 Å². The summed E-state index contributed by atoms with van der Waals surface area (Å²) < 4.78 is 0. The minimum atomic E-state index is -0.680. The van der Waals surface area contributed by atoms with Gasteiger partial charge in [-0.15, -0.1) is 0 Å². The zero-order valence-corrected chi connectivity index (χ0v) is 14.6. The fourth-order valence-electron chi connectivity index (χ4n) is 3.48. The number of rotatable bonds is 4. The van der Waals surface area contributed by atoms with Crippen LogP contribution in [0.25, 0.3) is 0 Å². The van der Waals surface area contributed by atoms with E-state index in [2.05, 4.69) is 11.0 Å². The number of β-amino-alcohol motifs (C(OH)–C–C–N with tert-alkyl or cyclic N) is 1. The number of carbonyl (C=O) groups excluding carboxylic acids is 1. The third kappa shape index (κ3) is 4.25. The molecule has 5 heteroatoms. The predicted octanol–water partition coefficient (Wildman–Crippen LogP) is 2.36. The van der Waals surface area contributed by atoms with E-state index < -0.39 is 5.60 Å². The number of piperazine rings is 1. The van der Waals surface area contributed by atoms with Crippen molar-refractivity contribution in [2.75, 3.05) is 32.7 Å². The van der Waals surface area contributed by atoms with Crippen molar-refractivity contribution >= 4 is 17.5 Å². The summed E-state index contributed by atoms with van der Waals surface area (Å²) in [5, 5.41) is 10.6. The molecule has 1 heterocycles. The van der Waals surface area contributed by atoms with Gasteiger partial charge in [0, 0.05) is 43.7 Å². The lowest BCUT2D eigenvalue weighted by atomic mass is 10.1. The predicted molar refractivity (Wildman–Crippen MR) is 91.6 cm³/mol. The zero-order valence-electron chi connectivity index (χ0n) is 13.8. The number of halogens is 1. The van der Waals surface area contributed by atoms with Crippen LogP contribution >= 0.6 is 11.6 Å². The normalized spacial score (nSPS) is 25.5. The van der Waals surface area contributed by atoms with Gasteiger partial charge in [0.15, 0.2) is 0 Å². The molecule has 0 bridgehead atoms.